The summed E-state index contributed by atoms with van der Waals surface area (Å²) in [7, 11) is 0. The first-order chi connectivity index (χ1) is 12.0. The second kappa shape index (κ2) is 6.88. The van der Waals surface area contributed by atoms with Crippen molar-refractivity contribution in [2.24, 2.45) is 0 Å². The number of carbonyl (C=O) groups is 4. The minimum atomic E-state index is -1.31. The largest absolute Gasteiger partial charge is 0.545 e. The Morgan fingerprint density at radius 2 is 1.72 bits per heavy atom. The van der Waals surface area contributed by atoms with Crippen LogP contribution in [0, 0.1) is 0 Å². The monoisotopic (exact) mass is 341 g/mol. The van der Waals surface area contributed by atoms with E-state index >= 15 is 0 Å². The molecule has 130 valence electrons. The molecule has 0 bridgehead atoms. The van der Waals surface area contributed by atoms with E-state index in [4.69, 9.17) is 0 Å². The molecule has 25 heavy (non-hydrogen) atoms. The average molecular weight is 341 g/mol. The van der Waals surface area contributed by atoms with Gasteiger partial charge < -0.3 is 9.90 Å². The number of carbonyl (C=O) groups excluding carboxylic acids is 4. The molecular weight excluding hydrogens is 324 g/mol. The van der Waals surface area contributed by atoms with E-state index in [2.05, 4.69) is 5.32 Å². The number of nitrogens with zero attached hydrogens (tertiary/aromatic N) is 1. The second-order valence-corrected chi connectivity index (χ2v) is 6.19. The molecule has 1 aromatic carbocycles. The molecule has 2 aliphatic rings. The van der Waals surface area contributed by atoms with Crippen molar-refractivity contribution in [3.63, 3.8) is 0 Å². The van der Waals surface area contributed by atoms with E-state index in [0.717, 1.165) is 37.0 Å². The maximum atomic E-state index is 12.7. The quantitative estimate of drug-likeness (QED) is 0.648. The van der Waals surface area contributed by atoms with Gasteiger partial charge in [-0.05, 0) is 30.0 Å². The van der Waals surface area contributed by atoms with Gasteiger partial charge in [-0.1, -0.05) is 43.5 Å². The molecule has 7 heteroatoms. The van der Waals surface area contributed by atoms with Gasteiger partial charge in [-0.15, -0.1) is 0 Å². The first kappa shape index (κ1) is 16.9. The number of urea groups is 1. The van der Waals surface area contributed by atoms with E-state index in [9.17, 15) is 24.3 Å². The Kier molecular flexibility index (Phi) is 4.65. The first-order valence-corrected chi connectivity index (χ1v) is 8.19. The molecule has 1 aliphatic heterocycles. The van der Waals surface area contributed by atoms with Crippen LogP contribution in [0.4, 0.5) is 4.79 Å². The summed E-state index contributed by atoms with van der Waals surface area (Å²) in [6, 6.07) is 4.73. The van der Waals surface area contributed by atoms with Crippen LogP contribution in [0.3, 0.4) is 0 Å². The highest BCUT2D eigenvalue weighted by Gasteiger charge is 2.40. The van der Waals surface area contributed by atoms with E-state index in [-0.39, 0.29) is 17.2 Å². The predicted molar refractivity (Wildman–Crippen MR) is 86.0 cm³/mol. The number of barbiturate groups is 1. The first-order valence-electron chi connectivity index (χ1n) is 8.19. The molecule has 7 nitrogen and oxygen atoms in total. The molecule has 1 aromatic rings. The van der Waals surface area contributed by atoms with Gasteiger partial charge in [0.2, 0.25) is 0 Å². The third kappa shape index (κ3) is 3.45. The summed E-state index contributed by atoms with van der Waals surface area (Å²) in [4.78, 5) is 48.8. The average Bonchev–Trinajstić information content (AvgIpc) is 2.60. The lowest BCUT2D eigenvalue weighted by atomic mass is 9.93. The Morgan fingerprint density at radius 3 is 2.32 bits per heavy atom. The molecule has 2 fully saturated rings. The third-order valence-corrected chi connectivity index (χ3v) is 4.53. The van der Waals surface area contributed by atoms with Crippen LogP contribution in [-0.2, 0) is 9.59 Å². The van der Waals surface area contributed by atoms with Crippen molar-refractivity contribution < 1.29 is 24.3 Å². The lowest BCUT2D eigenvalue weighted by Crippen LogP contribution is -2.58. The van der Waals surface area contributed by atoms with Crippen molar-refractivity contribution in [1.82, 2.24) is 10.2 Å². The van der Waals surface area contributed by atoms with E-state index < -0.39 is 23.8 Å². The number of hydrogen-bond acceptors (Lipinski definition) is 5. The maximum absolute atomic E-state index is 12.7. The summed E-state index contributed by atoms with van der Waals surface area (Å²) in [5.41, 5.74) is 0.355. The van der Waals surface area contributed by atoms with Gasteiger partial charge in [0.15, 0.2) is 0 Å². The van der Waals surface area contributed by atoms with Crippen LogP contribution >= 0.6 is 0 Å². The van der Waals surface area contributed by atoms with Crippen LogP contribution in [0.1, 0.15) is 48.0 Å². The number of nitrogens with one attached hydrogen (secondary N) is 1. The molecule has 1 saturated carbocycles. The molecule has 0 spiro atoms. The standard InChI is InChI=1S/C18H18N2O5/c21-15-14(10-11-6-8-12(9-7-11)17(23)24)16(22)20(18(25)19-15)13-4-2-1-3-5-13/h6-10,13H,1-5H2,(H,23,24)(H,19,21,25)/p-1/b14-10+. The van der Waals surface area contributed by atoms with Gasteiger partial charge in [-0.25, -0.2) is 4.79 Å². The normalized spacial score (nSPS) is 20.7. The van der Waals surface area contributed by atoms with Crippen molar-refractivity contribution in [2.75, 3.05) is 0 Å². The van der Waals surface area contributed by atoms with E-state index in [1.54, 1.807) is 0 Å². The van der Waals surface area contributed by atoms with Crippen molar-refractivity contribution in [2.45, 2.75) is 38.1 Å². The molecule has 1 saturated heterocycles. The van der Waals surface area contributed by atoms with Crippen LogP contribution in [0.25, 0.3) is 6.08 Å². The molecule has 0 atom stereocenters. The molecule has 4 amide bonds. The van der Waals surface area contributed by atoms with Gasteiger partial charge in [0.25, 0.3) is 11.8 Å². The predicted octanol–water partition coefficient (Wildman–Crippen LogP) is 0.845. The number of hydrogen-bond donors (Lipinski definition) is 1. The lowest BCUT2D eigenvalue weighted by molar-refractivity contribution is -0.255. The molecule has 1 N–H and O–H groups in total. The van der Waals surface area contributed by atoms with Crippen LogP contribution in [0.15, 0.2) is 29.8 Å². The summed E-state index contributed by atoms with van der Waals surface area (Å²) >= 11 is 0. The number of carboxylic acids is 1. The van der Waals surface area contributed by atoms with Gasteiger partial charge >= 0.3 is 6.03 Å². The third-order valence-electron chi connectivity index (χ3n) is 4.53. The van der Waals surface area contributed by atoms with Crippen LogP contribution in [0.5, 0.6) is 0 Å². The molecule has 0 radical (unpaired) electrons. The fourth-order valence-electron chi connectivity index (χ4n) is 3.22. The fourth-order valence-corrected chi connectivity index (χ4v) is 3.22. The Morgan fingerprint density at radius 1 is 1.08 bits per heavy atom. The zero-order chi connectivity index (χ0) is 18.0. The van der Waals surface area contributed by atoms with Gasteiger partial charge in [-0.2, -0.15) is 0 Å². The fraction of sp³-hybridized carbons (Fsp3) is 0.333. The number of aromatic carboxylic acids is 1. The van der Waals surface area contributed by atoms with Crippen molar-refractivity contribution in [1.29, 1.82) is 0 Å². The molecule has 1 heterocycles. The molecular formula is C18H17N2O5-. The number of amides is 4. The van der Waals surface area contributed by atoms with Gasteiger partial charge in [0.1, 0.15) is 5.57 Å². The number of carboxylic acid groups (broad SMARTS) is 1. The molecule has 0 unspecified atom stereocenters. The van der Waals surface area contributed by atoms with E-state index in [1.165, 1.54) is 30.3 Å². The summed E-state index contributed by atoms with van der Waals surface area (Å²) in [6.45, 7) is 0. The Bertz CT molecular complexity index is 760. The molecule has 1 aliphatic carbocycles. The summed E-state index contributed by atoms with van der Waals surface area (Å²) in [6.07, 6.45) is 5.80. The highest BCUT2D eigenvalue weighted by Crippen LogP contribution is 2.26. The number of imide groups is 2. The van der Waals surface area contributed by atoms with E-state index in [1.807, 2.05) is 0 Å². The lowest BCUT2D eigenvalue weighted by Gasteiger charge is -2.35. The summed E-state index contributed by atoms with van der Waals surface area (Å²) in [5, 5.41) is 13.0. The zero-order valence-corrected chi connectivity index (χ0v) is 13.5. The maximum Gasteiger partial charge on any atom is 0.331 e. The highest BCUT2D eigenvalue weighted by atomic mass is 16.4. The van der Waals surface area contributed by atoms with Crippen LogP contribution in [-0.4, -0.2) is 34.8 Å². The minimum Gasteiger partial charge on any atom is -0.545 e. The minimum absolute atomic E-state index is 0.000539. The number of rotatable bonds is 3. The Labute approximate surface area is 144 Å². The summed E-state index contributed by atoms with van der Waals surface area (Å²) < 4.78 is 0. The Balaban J connectivity index is 1.88. The van der Waals surface area contributed by atoms with Crippen molar-refractivity contribution >= 4 is 29.9 Å². The van der Waals surface area contributed by atoms with E-state index in [0.29, 0.717) is 5.56 Å². The van der Waals surface area contributed by atoms with Crippen molar-refractivity contribution in [3.05, 3.63) is 41.0 Å². The highest BCUT2D eigenvalue weighted by molar-refractivity contribution is 6.31. The second-order valence-electron chi connectivity index (χ2n) is 6.19. The van der Waals surface area contributed by atoms with Gasteiger partial charge in [-0.3, -0.25) is 19.8 Å². The van der Waals surface area contributed by atoms with Crippen molar-refractivity contribution in [3.8, 4) is 0 Å². The van der Waals surface area contributed by atoms with Gasteiger partial charge in [0, 0.05) is 6.04 Å². The van der Waals surface area contributed by atoms with Crippen LogP contribution < -0.4 is 10.4 Å². The Hall–Kier alpha value is -2.96. The van der Waals surface area contributed by atoms with Crippen LogP contribution in [0.2, 0.25) is 0 Å². The SMILES string of the molecule is O=C1NC(=O)N(C2CCCCC2)C(=O)/C1=C/c1ccc(C(=O)[O-])cc1. The number of benzene rings is 1. The zero-order valence-electron chi connectivity index (χ0n) is 13.5. The molecule has 0 aromatic heterocycles. The van der Waals surface area contributed by atoms with Gasteiger partial charge in [0.05, 0.1) is 5.97 Å². The molecule has 3 rings (SSSR count). The smallest absolute Gasteiger partial charge is 0.331 e. The topological polar surface area (TPSA) is 107 Å². The summed E-state index contributed by atoms with van der Waals surface area (Å²) in [5.74, 6) is -2.66.